The average molecular weight is 196 g/mol. The lowest BCUT2D eigenvalue weighted by Gasteiger charge is -1.96. The Hall–Kier alpha value is -1.69. The smallest absolute Gasteiger partial charge is 0.290 e. The minimum Gasteiger partial charge on any atom is -0.618 e. The van der Waals surface area contributed by atoms with Crippen LogP contribution in [0, 0.1) is 15.3 Å². The number of rotatable bonds is 1. The fraction of sp³-hybridized carbons (Fsp3) is 0. The molecule has 13 heavy (non-hydrogen) atoms. The summed E-state index contributed by atoms with van der Waals surface area (Å²) in [5.74, 6) is 0. The van der Waals surface area contributed by atoms with Crippen LogP contribution in [-0.2, 0) is 0 Å². The first-order chi connectivity index (χ1) is 6.20. The highest BCUT2D eigenvalue weighted by Gasteiger charge is 2.17. The lowest BCUT2D eigenvalue weighted by Crippen LogP contribution is -2.24. The minimum absolute atomic E-state index is 0.0247. The fourth-order valence-corrected chi connectivity index (χ4v) is 1.92. The van der Waals surface area contributed by atoms with Crippen LogP contribution >= 0.6 is 11.3 Å². The van der Waals surface area contributed by atoms with Crippen LogP contribution in [0.25, 0.3) is 10.2 Å². The SMILES string of the molecule is O=[N+]([O-])c1cc[n+]([O-])c2sccc12. The summed E-state index contributed by atoms with van der Waals surface area (Å²) in [6.45, 7) is 0. The van der Waals surface area contributed by atoms with Crippen LogP contribution in [0.1, 0.15) is 0 Å². The highest BCUT2D eigenvalue weighted by atomic mass is 32.1. The molecule has 5 nitrogen and oxygen atoms in total. The molecule has 2 aromatic rings. The second-order valence-corrected chi connectivity index (χ2v) is 3.32. The van der Waals surface area contributed by atoms with Crippen LogP contribution in [0.15, 0.2) is 23.7 Å². The zero-order valence-electron chi connectivity index (χ0n) is 6.34. The molecule has 0 bridgehead atoms. The van der Waals surface area contributed by atoms with Crippen LogP contribution in [0.5, 0.6) is 0 Å². The van der Waals surface area contributed by atoms with Gasteiger partial charge in [0.05, 0.1) is 11.0 Å². The number of thiophene rings is 1. The summed E-state index contributed by atoms with van der Waals surface area (Å²) >= 11 is 1.19. The van der Waals surface area contributed by atoms with Gasteiger partial charge in [-0.3, -0.25) is 10.1 Å². The van der Waals surface area contributed by atoms with E-state index in [9.17, 15) is 15.3 Å². The molecular weight excluding hydrogens is 192 g/mol. The molecule has 0 N–H and O–H groups in total. The normalized spacial score (nSPS) is 10.5. The van der Waals surface area contributed by atoms with Gasteiger partial charge in [0, 0.05) is 0 Å². The van der Waals surface area contributed by atoms with Crippen molar-refractivity contribution >= 4 is 27.2 Å². The Morgan fingerprint density at radius 1 is 1.46 bits per heavy atom. The second-order valence-electron chi connectivity index (χ2n) is 2.42. The molecule has 2 rings (SSSR count). The Labute approximate surface area is 76.6 Å². The van der Waals surface area contributed by atoms with E-state index in [-0.39, 0.29) is 5.69 Å². The van der Waals surface area contributed by atoms with Crippen molar-refractivity contribution in [3.05, 3.63) is 39.0 Å². The number of fused-ring (bicyclic) bond motifs is 1. The Morgan fingerprint density at radius 3 is 2.92 bits per heavy atom. The molecule has 0 atom stereocenters. The van der Waals surface area contributed by atoms with Gasteiger partial charge in [-0.2, -0.15) is 4.73 Å². The summed E-state index contributed by atoms with van der Waals surface area (Å²) in [6.07, 6.45) is 1.15. The molecule has 2 heterocycles. The van der Waals surface area contributed by atoms with Crippen LogP contribution in [-0.4, -0.2) is 4.92 Å². The zero-order chi connectivity index (χ0) is 9.42. The van der Waals surface area contributed by atoms with Gasteiger partial charge in [-0.15, -0.1) is 0 Å². The third-order valence-electron chi connectivity index (χ3n) is 1.69. The van der Waals surface area contributed by atoms with Gasteiger partial charge in [0.25, 0.3) is 10.5 Å². The molecule has 0 aliphatic carbocycles. The first kappa shape index (κ1) is 7.93. The average Bonchev–Trinajstić information content (AvgIpc) is 2.53. The van der Waals surface area contributed by atoms with Crippen molar-refractivity contribution in [2.75, 3.05) is 0 Å². The van der Waals surface area contributed by atoms with Crippen molar-refractivity contribution in [1.29, 1.82) is 0 Å². The molecule has 0 aromatic carbocycles. The zero-order valence-corrected chi connectivity index (χ0v) is 7.15. The maximum atomic E-state index is 11.1. The van der Waals surface area contributed by atoms with Gasteiger partial charge in [-0.1, -0.05) is 11.3 Å². The lowest BCUT2D eigenvalue weighted by molar-refractivity contribution is -0.575. The predicted molar refractivity (Wildman–Crippen MR) is 47.4 cm³/mol. The third kappa shape index (κ3) is 1.11. The van der Waals surface area contributed by atoms with E-state index in [1.54, 1.807) is 11.4 Å². The number of aromatic nitrogens is 1. The summed E-state index contributed by atoms with van der Waals surface area (Å²) in [5, 5.41) is 23.7. The van der Waals surface area contributed by atoms with Crippen molar-refractivity contribution < 1.29 is 9.65 Å². The van der Waals surface area contributed by atoms with Crippen molar-refractivity contribution in [3.63, 3.8) is 0 Å². The number of pyridine rings is 1. The monoisotopic (exact) mass is 196 g/mol. The summed E-state index contributed by atoms with van der Waals surface area (Å²) < 4.78 is 0.632. The molecule has 0 aliphatic heterocycles. The van der Waals surface area contributed by atoms with Crippen molar-refractivity contribution in [1.82, 2.24) is 0 Å². The van der Waals surface area contributed by atoms with Crippen molar-refractivity contribution in [2.24, 2.45) is 0 Å². The summed E-state index contributed by atoms with van der Waals surface area (Å²) in [6, 6.07) is 2.79. The molecular formula is C7H4N2O3S. The summed E-state index contributed by atoms with van der Waals surface area (Å²) in [5.41, 5.74) is -0.0247. The first-order valence-corrected chi connectivity index (χ1v) is 4.32. The molecule has 0 aliphatic rings. The topological polar surface area (TPSA) is 70.1 Å². The Kier molecular flexibility index (Phi) is 1.63. The van der Waals surface area contributed by atoms with Gasteiger partial charge in [0.15, 0.2) is 6.20 Å². The Bertz CT molecular complexity index is 480. The van der Waals surface area contributed by atoms with Crippen LogP contribution in [0.2, 0.25) is 0 Å². The van der Waals surface area contributed by atoms with E-state index in [1.807, 2.05) is 0 Å². The molecule has 0 saturated carbocycles. The quantitative estimate of drug-likeness (QED) is 0.300. The maximum absolute atomic E-state index is 11.1. The summed E-state index contributed by atoms with van der Waals surface area (Å²) in [4.78, 5) is 10.4. The van der Waals surface area contributed by atoms with E-state index >= 15 is 0 Å². The van der Waals surface area contributed by atoms with E-state index in [0.29, 0.717) is 14.9 Å². The Balaban J connectivity index is 2.86. The molecule has 0 saturated heterocycles. The van der Waals surface area contributed by atoms with Gasteiger partial charge >= 0.3 is 0 Å². The van der Waals surface area contributed by atoms with E-state index in [2.05, 4.69) is 0 Å². The van der Waals surface area contributed by atoms with Crippen LogP contribution in [0.4, 0.5) is 5.69 Å². The number of hydrogen-bond donors (Lipinski definition) is 0. The molecule has 66 valence electrons. The molecule has 0 unspecified atom stereocenters. The van der Waals surface area contributed by atoms with Gasteiger partial charge < -0.3 is 5.21 Å². The molecule has 0 spiro atoms. The van der Waals surface area contributed by atoms with Crippen molar-refractivity contribution in [3.8, 4) is 0 Å². The number of nitro groups is 1. The standard InChI is InChI=1S/C7H4N2O3S/c10-8-3-1-6(9(11)12)5-2-4-13-7(5)8/h1-4H. The minimum atomic E-state index is -0.491. The third-order valence-corrected chi connectivity index (χ3v) is 2.58. The molecule has 6 heteroatoms. The first-order valence-electron chi connectivity index (χ1n) is 3.44. The van der Waals surface area contributed by atoms with E-state index in [1.165, 1.54) is 17.4 Å². The molecule has 2 aromatic heterocycles. The second kappa shape index (κ2) is 2.67. The molecule has 0 radical (unpaired) electrons. The van der Waals surface area contributed by atoms with E-state index < -0.39 is 4.92 Å². The number of nitrogens with zero attached hydrogens (tertiary/aromatic N) is 2. The molecule has 0 fully saturated rings. The lowest BCUT2D eigenvalue weighted by atomic mass is 10.3. The van der Waals surface area contributed by atoms with Crippen molar-refractivity contribution in [2.45, 2.75) is 0 Å². The van der Waals surface area contributed by atoms with E-state index in [4.69, 9.17) is 0 Å². The Morgan fingerprint density at radius 2 is 2.23 bits per heavy atom. The van der Waals surface area contributed by atoms with Gasteiger partial charge in [0.2, 0.25) is 0 Å². The largest absolute Gasteiger partial charge is 0.618 e. The fourth-order valence-electron chi connectivity index (χ4n) is 1.12. The van der Waals surface area contributed by atoms with E-state index in [0.717, 1.165) is 6.20 Å². The highest BCUT2D eigenvalue weighted by Crippen LogP contribution is 2.25. The highest BCUT2D eigenvalue weighted by molar-refractivity contribution is 7.16. The number of hydrogen-bond acceptors (Lipinski definition) is 4. The van der Waals surface area contributed by atoms with Crippen LogP contribution < -0.4 is 4.73 Å². The maximum Gasteiger partial charge on any atom is 0.290 e. The molecule has 0 amide bonds. The predicted octanol–water partition coefficient (Wildman–Crippen LogP) is 1.44. The van der Waals surface area contributed by atoms with Crippen LogP contribution in [0.3, 0.4) is 0 Å². The summed E-state index contributed by atoms with van der Waals surface area (Å²) in [7, 11) is 0. The van der Waals surface area contributed by atoms with Gasteiger partial charge in [-0.25, -0.2) is 0 Å². The van der Waals surface area contributed by atoms with Gasteiger partial charge in [0.1, 0.15) is 5.39 Å². The van der Waals surface area contributed by atoms with Gasteiger partial charge in [-0.05, 0) is 11.4 Å².